The van der Waals surface area contributed by atoms with Crippen LogP contribution in [0.25, 0.3) is 0 Å². The second-order valence-corrected chi connectivity index (χ2v) is 5.07. The molecule has 1 aromatic heterocycles. The first-order valence-electron chi connectivity index (χ1n) is 7.01. The Morgan fingerprint density at radius 2 is 2.29 bits per heavy atom. The lowest BCUT2D eigenvalue weighted by molar-refractivity contribution is 0.0368. The van der Waals surface area contributed by atoms with Crippen LogP contribution < -0.4 is 11.1 Å². The topological polar surface area (TPSA) is 89.7 Å². The van der Waals surface area contributed by atoms with Gasteiger partial charge in [0.05, 0.1) is 31.6 Å². The number of carbonyl (C=O) groups is 1. The molecule has 1 aromatic rings. The summed E-state index contributed by atoms with van der Waals surface area (Å²) in [6, 6.07) is 1.71. The summed E-state index contributed by atoms with van der Waals surface area (Å²) in [6.07, 6.45) is 1.55. The van der Waals surface area contributed by atoms with Crippen LogP contribution in [0.3, 0.4) is 0 Å². The van der Waals surface area contributed by atoms with Crippen LogP contribution in [0.2, 0.25) is 0 Å². The van der Waals surface area contributed by atoms with Crippen LogP contribution in [0.15, 0.2) is 12.3 Å². The lowest BCUT2D eigenvalue weighted by atomic mass is 10.2. The number of aromatic nitrogens is 1. The molecule has 21 heavy (non-hydrogen) atoms. The van der Waals surface area contributed by atoms with E-state index in [4.69, 9.17) is 15.2 Å². The number of pyridine rings is 1. The molecule has 2 heterocycles. The second-order valence-electron chi connectivity index (χ2n) is 5.07. The fourth-order valence-electron chi connectivity index (χ4n) is 2.33. The van der Waals surface area contributed by atoms with Gasteiger partial charge in [0.1, 0.15) is 5.82 Å². The zero-order chi connectivity index (χ0) is 15.2. The lowest BCUT2D eigenvalue weighted by Crippen LogP contribution is -2.42. The quantitative estimate of drug-likeness (QED) is 0.768. The third-order valence-electron chi connectivity index (χ3n) is 3.41. The van der Waals surface area contributed by atoms with Crippen molar-refractivity contribution in [2.45, 2.75) is 13.0 Å². The van der Waals surface area contributed by atoms with E-state index < -0.39 is 5.97 Å². The van der Waals surface area contributed by atoms with Crippen LogP contribution in [0.5, 0.6) is 0 Å². The highest BCUT2D eigenvalue weighted by Gasteiger charge is 2.17. The minimum Gasteiger partial charge on any atom is -0.465 e. The predicted molar refractivity (Wildman–Crippen MR) is 80.3 cm³/mol. The Balaban J connectivity index is 1.99. The molecule has 1 atom stereocenters. The van der Waals surface area contributed by atoms with Crippen molar-refractivity contribution in [2.75, 3.05) is 51.0 Å². The maximum absolute atomic E-state index is 11.6. The van der Waals surface area contributed by atoms with E-state index in [-0.39, 0.29) is 6.04 Å². The standard InChI is InChI=1S/C14H22N4O3/c1-10(9-18-5-7-21-8-6-18)17-13-12(15)11(3-4-16-13)14(19)20-2/h3-4,10H,5-9,15H2,1-2H3,(H,16,17). The van der Waals surface area contributed by atoms with Gasteiger partial charge < -0.3 is 20.5 Å². The van der Waals surface area contributed by atoms with Gasteiger partial charge in [-0.3, -0.25) is 4.90 Å². The average Bonchev–Trinajstić information content (AvgIpc) is 2.49. The normalized spacial score (nSPS) is 17.2. The second kappa shape index (κ2) is 7.24. The van der Waals surface area contributed by atoms with E-state index in [2.05, 4.69) is 22.1 Å². The summed E-state index contributed by atoms with van der Waals surface area (Å²) in [5.74, 6) is 0.0532. The molecule has 116 valence electrons. The van der Waals surface area contributed by atoms with Gasteiger partial charge in [0, 0.05) is 31.9 Å². The summed E-state index contributed by atoms with van der Waals surface area (Å²) in [5, 5.41) is 3.25. The SMILES string of the molecule is COC(=O)c1ccnc(NC(C)CN2CCOCC2)c1N. The molecule has 0 aliphatic carbocycles. The van der Waals surface area contributed by atoms with Crippen LogP contribution in [0, 0.1) is 0 Å². The number of morpholine rings is 1. The number of hydrogen-bond acceptors (Lipinski definition) is 7. The van der Waals surface area contributed by atoms with Crippen molar-refractivity contribution in [3.05, 3.63) is 17.8 Å². The summed E-state index contributed by atoms with van der Waals surface area (Å²) >= 11 is 0. The van der Waals surface area contributed by atoms with Crippen molar-refractivity contribution < 1.29 is 14.3 Å². The van der Waals surface area contributed by atoms with Gasteiger partial charge in [0.2, 0.25) is 0 Å². The third-order valence-corrected chi connectivity index (χ3v) is 3.41. The Morgan fingerprint density at radius 3 is 2.95 bits per heavy atom. The number of ether oxygens (including phenoxy) is 2. The van der Waals surface area contributed by atoms with Gasteiger partial charge in [0.25, 0.3) is 0 Å². The minimum atomic E-state index is -0.459. The Morgan fingerprint density at radius 1 is 1.57 bits per heavy atom. The van der Waals surface area contributed by atoms with Gasteiger partial charge in [-0.15, -0.1) is 0 Å². The highest BCUT2D eigenvalue weighted by Crippen LogP contribution is 2.21. The molecule has 0 aromatic carbocycles. The summed E-state index contributed by atoms with van der Waals surface area (Å²) in [4.78, 5) is 18.1. The molecule has 3 N–H and O–H groups in total. The Kier molecular flexibility index (Phi) is 5.35. The van der Waals surface area contributed by atoms with Gasteiger partial charge in [0.15, 0.2) is 0 Å². The van der Waals surface area contributed by atoms with E-state index in [1.165, 1.54) is 7.11 Å². The van der Waals surface area contributed by atoms with Crippen molar-refractivity contribution >= 4 is 17.5 Å². The summed E-state index contributed by atoms with van der Waals surface area (Å²) in [5.41, 5.74) is 6.63. The molecule has 7 nitrogen and oxygen atoms in total. The first-order valence-corrected chi connectivity index (χ1v) is 7.01. The van der Waals surface area contributed by atoms with Crippen LogP contribution in [-0.2, 0) is 9.47 Å². The van der Waals surface area contributed by atoms with Gasteiger partial charge >= 0.3 is 5.97 Å². The van der Waals surface area contributed by atoms with Gasteiger partial charge in [-0.25, -0.2) is 9.78 Å². The number of nitrogen functional groups attached to an aromatic ring is 1. The number of nitrogens with zero attached hydrogens (tertiary/aromatic N) is 2. The Bertz CT molecular complexity index is 489. The van der Waals surface area contributed by atoms with E-state index in [0.717, 1.165) is 32.8 Å². The number of esters is 1. The van der Waals surface area contributed by atoms with Crippen molar-refractivity contribution in [1.82, 2.24) is 9.88 Å². The molecule has 0 saturated carbocycles. The van der Waals surface area contributed by atoms with E-state index in [0.29, 0.717) is 17.1 Å². The fraction of sp³-hybridized carbons (Fsp3) is 0.571. The molecule has 1 unspecified atom stereocenters. The molecular weight excluding hydrogens is 272 g/mol. The number of methoxy groups -OCH3 is 1. The Hall–Kier alpha value is -1.86. The van der Waals surface area contributed by atoms with Crippen molar-refractivity contribution in [3.63, 3.8) is 0 Å². The number of anilines is 2. The molecule has 0 spiro atoms. The zero-order valence-electron chi connectivity index (χ0n) is 12.5. The molecular formula is C14H22N4O3. The maximum atomic E-state index is 11.6. The first kappa shape index (κ1) is 15.5. The van der Waals surface area contributed by atoms with Crippen LogP contribution >= 0.6 is 0 Å². The zero-order valence-corrected chi connectivity index (χ0v) is 12.5. The maximum Gasteiger partial charge on any atom is 0.340 e. The molecule has 1 fully saturated rings. The smallest absolute Gasteiger partial charge is 0.340 e. The highest BCUT2D eigenvalue weighted by atomic mass is 16.5. The minimum absolute atomic E-state index is 0.158. The Labute approximate surface area is 124 Å². The molecule has 0 amide bonds. The number of hydrogen-bond donors (Lipinski definition) is 2. The molecule has 1 aliphatic rings. The number of nitrogens with one attached hydrogen (secondary N) is 1. The molecule has 0 bridgehead atoms. The largest absolute Gasteiger partial charge is 0.465 e. The molecule has 0 radical (unpaired) electrons. The third kappa shape index (κ3) is 4.05. The van der Waals surface area contributed by atoms with E-state index in [1.807, 2.05) is 0 Å². The molecule has 1 aliphatic heterocycles. The molecule has 2 rings (SSSR count). The highest BCUT2D eigenvalue weighted by molar-refractivity contribution is 5.97. The van der Waals surface area contributed by atoms with Gasteiger partial charge in [-0.1, -0.05) is 0 Å². The van der Waals surface area contributed by atoms with E-state index >= 15 is 0 Å². The summed E-state index contributed by atoms with van der Waals surface area (Å²) < 4.78 is 10.0. The van der Waals surface area contributed by atoms with E-state index in [1.54, 1.807) is 12.3 Å². The first-order chi connectivity index (χ1) is 10.1. The number of carbonyl (C=O) groups excluding carboxylic acids is 1. The predicted octanol–water partition coefficient (Wildman–Crippen LogP) is 0.583. The van der Waals surface area contributed by atoms with Crippen LogP contribution in [-0.4, -0.2) is 61.9 Å². The fourth-order valence-corrected chi connectivity index (χ4v) is 2.33. The van der Waals surface area contributed by atoms with Crippen molar-refractivity contribution in [2.24, 2.45) is 0 Å². The lowest BCUT2D eigenvalue weighted by Gasteiger charge is -2.29. The summed E-state index contributed by atoms with van der Waals surface area (Å²) in [7, 11) is 1.33. The average molecular weight is 294 g/mol. The van der Waals surface area contributed by atoms with Crippen LogP contribution in [0.1, 0.15) is 17.3 Å². The number of rotatable bonds is 5. The molecule has 7 heteroatoms. The van der Waals surface area contributed by atoms with Crippen molar-refractivity contribution in [3.8, 4) is 0 Å². The summed E-state index contributed by atoms with van der Waals surface area (Å²) in [6.45, 7) is 6.32. The van der Waals surface area contributed by atoms with Crippen molar-refractivity contribution in [1.29, 1.82) is 0 Å². The molecule has 1 saturated heterocycles. The number of nitrogens with two attached hydrogens (primary N) is 1. The van der Waals surface area contributed by atoms with Crippen LogP contribution in [0.4, 0.5) is 11.5 Å². The van der Waals surface area contributed by atoms with E-state index in [9.17, 15) is 4.79 Å². The van der Waals surface area contributed by atoms with Gasteiger partial charge in [-0.05, 0) is 13.0 Å². The monoisotopic (exact) mass is 294 g/mol. The van der Waals surface area contributed by atoms with Gasteiger partial charge in [-0.2, -0.15) is 0 Å².